The summed E-state index contributed by atoms with van der Waals surface area (Å²) in [5.74, 6) is -4.06. The molecule has 1 heterocycles. The molecule has 0 saturated carbocycles. The molecule has 20 heavy (non-hydrogen) atoms. The van der Waals surface area contributed by atoms with Gasteiger partial charge >= 0.3 is 0 Å². The third-order valence-corrected chi connectivity index (χ3v) is 3.16. The molecule has 1 aromatic heterocycles. The molecule has 3 rings (SSSR count). The van der Waals surface area contributed by atoms with E-state index in [0.717, 1.165) is 10.6 Å². The van der Waals surface area contributed by atoms with Gasteiger partial charge < -0.3 is 4.98 Å². The van der Waals surface area contributed by atoms with E-state index in [1.807, 2.05) is 0 Å². The number of hydrogen-bond donors (Lipinski definition) is 1. The van der Waals surface area contributed by atoms with Crippen LogP contribution >= 0.6 is 12.2 Å². The minimum Gasteiger partial charge on any atom is -0.330 e. The number of aromatic amines is 1. The van der Waals surface area contributed by atoms with E-state index in [4.69, 9.17) is 12.2 Å². The predicted molar refractivity (Wildman–Crippen MR) is 68.3 cm³/mol. The first kappa shape index (κ1) is 12.9. The summed E-state index contributed by atoms with van der Waals surface area (Å²) in [5, 5.41) is 0. The molecule has 0 spiro atoms. The summed E-state index contributed by atoms with van der Waals surface area (Å²) in [6, 6.07) is 4.86. The van der Waals surface area contributed by atoms with Gasteiger partial charge in [-0.05, 0) is 24.4 Å². The Kier molecular flexibility index (Phi) is 2.86. The van der Waals surface area contributed by atoms with E-state index in [-0.39, 0.29) is 16.0 Å². The molecule has 7 heteroatoms. The number of benzene rings is 2. The first-order chi connectivity index (χ1) is 9.47. The van der Waals surface area contributed by atoms with Gasteiger partial charge in [0.05, 0.1) is 16.7 Å². The third kappa shape index (κ3) is 1.90. The lowest BCUT2D eigenvalue weighted by Crippen LogP contribution is -2.01. The zero-order valence-corrected chi connectivity index (χ0v) is 10.6. The zero-order chi connectivity index (χ0) is 14.4. The number of nitrogens with one attached hydrogen (secondary N) is 1. The average Bonchev–Trinajstić information content (AvgIpc) is 2.69. The molecule has 0 aliphatic carbocycles. The Morgan fingerprint density at radius 1 is 0.900 bits per heavy atom. The molecule has 0 atom stereocenters. The molecule has 0 radical (unpaired) electrons. The first-order valence-electron chi connectivity index (χ1n) is 5.52. The van der Waals surface area contributed by atoms with Gasteiger partial charge in [-0.2, -0.15) is 0 Å². The van der Waals surface area contributed by atoms with Crippen LogP contribution in [0.2, 0.25) is 0 Å². The Balaban J connectivity index is 2.40. The monoisotopic (exact) mass is 298 g/mol. The third-order valence-electron chi connectivity index (χ3n) is 2.88. The highest BCUT2D eigenvalue weighted by molar-refractivity contribution is 7.71. The average molecular weight is 298 g/mol. The highest BCUT2D eigenvalue weighted by Gasteiger charge is 2.15. The number of fused-ring (bicyclic) bond motifs is 1. The Morgan fingerprint density at radius 3 is 2.35 bits per heavy atom. The molecule has 0 aliphatic heterocycles. The molecule has 1 N–H and O–H groups in total. The largest absolute Gasteiger partial charge is 0.330 e. The van der Waals surface area contributed by atoms with E-state index in [9.17, 15) is 17.6 Å². The molecule has 2 nitrogen and oxygen atoms in total. The second kappa shape index (κ2) is 4.45. The topological polar surface area (TPSA) is 20.7 Å². The van der Waals surface area contributed by atoms with Crippen LogP contribution in [0, 0.1) is 28.0 Å². The molecule has 0 bridgehead atoms. The summed E-state index contributed by atoms with van der Waals surface area (Å²) >= 11 is 5.02. The van der Waals surface area contributed by atoms with Crippen LogP contribution < -0.4 is 0 Å². The normalized spacial score (nSPS) is 11.2. The second-order valence-corrected chi connectivity index (χ2v) is 4.53. The van der Waals surface area contributed by atoms with Gasteiger partial charge in [0.1, 0.15) is 11.6 Å². The molecular formula is C13H6F4N2S. The van der Waals surface area contributed by atoms with Crippen molar-refractivity contribution in [3.05, 3.63) is 58.4 Å². The van der Waals surface area contributed by atoms with E-state index in [0.29, 0.717) is 17.6 Å². The summed E-state index contributed by atoms with van der Waals surface area (Å²) in [6.07, 6.45) is 0. The summed E-state index contributed by atoms with van der Waals surface area (Å²) in [4.78, 5) is 2.74. The van der Waals surface area contributed by atoms with Crippen LogP contribution in [0.25, 0.3) is 16.7 Å². The van der Waals surface area contributed by atoms with Gasteiger partial charge in [-0.25, -0.2) is 17.6 Å². The smallest absolute Gasteiger partial charge is 0.182 e. The minimum absolute atomic E-state index is 0.0514. The first-order valence-corrected chi connectivity index (χ1v) is 5.93. The maximum absolute atomic E-state index is 13.8. The minimum atomic E-state index is -1.30. The van der Waals surface area contributed by atoms with Crippen LogP contribution in [0.5, 0.6) is 0 Å². The molecular weight excluding hydrogens is 292 g/mol. The number of hydrogen-bond acceptors (Lipinski definition) is 1. The lowest BCUT2D eigenvalue weighted by Gasteiger charge is -2.07. The molecule has 3 aromatic rings. The van der Waals surface area contributed by atoms with Gasteiger partial charge in [-0.1, -0.05) is 0 Å². The van der Waals surface area contributed by atoms with Crippen LogP contribution in [0.1, 0.15) is 0 Å². The fourth-order valence-corrected chi connectivity index (χ4v) is 2.31. The molecule has 0 aliphatic rings. The van der Waals surface area contributed by atoms with Crippen molar-refractivity contribution in [1.82, 2.24) is 9.55 Å². The number of rotatable bonds is 1. The Labute approximate surface area is 115 Å². The van der Waals surface area contributed by atoms with Crippen molar-refractivity contribution in [2.24, 2.45) is 0 Å². The Bertz CT molecular complexity index is 882. The lowest BCUT2D eigenvalue weighted by atomic mass is 10.2. The summed E-state index contributed by atoms with van der Waals surface area (Å²) < 4.78 is 54.5. The fraction of sp³-hybridized carbons (Fsp3) is 0. The molecule has 0 amide bonds. The highest BCUT2D eigenvalue weighted by atomic mass is 32.1. The van der Waals surface area contributed by atoms with Crippen LogP contribution in [-0.2, 0) is 0 Å². The Hall–Kier alpha value is -2.15. The number of aromatic nitrogens is 2. The van der Waals surface area contributed by atoms with Crippen molar-refractivity contribution >= 4 is 23.3 Å². The fourth-order valence-electron chi connectivity index (χ4n) is 2.00. The lowest BCUT2D eigenvalue weighted by molar-refractivity contribution is 0.493. The van der Waals surface area contributed by atoms with Gasteiger partial charge in [0.25, 0.3) is 0 Å². The SMILES string of the molecule is Fc1ccc2[nH]c(=S)n(-c3cc(F)c(F)cc3F)c2c1. The molecule has 0 saturated heterocycles. The molecule has 102 valence electrons. The van der Waals surface area contributed by atoms with Crippen molar-refractivity contribution in [3.63, 3.8) is 0 Å². The summed E-state index contributed by atoms with van der Waals surface area (Å²) in [5.41, 5.74) is 0.409. The number of H-pyrrole nitrogens is 1. The maximum atomic E-state index is 13.8. The standard InChI is InChI=1S/C13H6F4N2S/c14-6-1-2-10-12(3-6)19(13(20)18-10)11-5-8(16)7(15)4-9(11)17/h1-5H,(H,18,20). The quantitative estimate of drug-likeness (QED) is 0.405. The van der Waals surface area contributed by atoms with E-state index in [1.54, 1.807) is 0 Å². The van der Waals surface area contributed by atoms with E-state index >= 15 is 0 Å². The van der Waals surface area contributed by atoms with Gasteiger partial charge in [-0.15, -0.1) is 0 Å². The van der Waals surface area contributed by atoms with E-state index < -0.39 is 23.3 Å². The summed E-state index contributed by atoms with van der Waals surface area (Å²) in [6.45, 7) is 0. The molecule has 0 fully saturated rings. The van der Waals surface area contributed by atoms with Crippen molar-refractivity contribution in [2.45, 2.75) is 0 Å². The van der Waals surface area contributed by atoms with E-state index in [2.05, 4.69) is 4.98 Å². The molecule has 2 aromatic carbocycles. The Morgan fingerprint density at radius 2 is 1.60 bits per heavy atom. The summed E-state index contributed by atoms with van der Waals surface area (Å²) in [7, 11) is 0. The van der Waals surface area contributed by atoms with Gasteiger partial charge in [-0.3, -0.25) is 4.57 Å². The van der Waals surface area contributed by atoms with Crippen molar-refractivity contribution in [2.75, 3.05) is 0 Å². The number of halogens is 4. The maximum Gasteiger partial charge on any atom is 0.182 e. The van der Waals surface area contributed by atoms with Gasteiger partial charge in [0.15, 0.2) is 16.4 Å². The van der Waals surface area contributed by atoms with Crippen molar-refractivity contribution < 1.29 is 17.6 Å². The highest BCUT2D eigenvalue weighted by Crippen LogP contribution is 2.24. The number of nitrogens with zero attached hydrogens (tertiary/aromatic N) is 1. The second-order valence-electron chi connectivity index (χ2n) is 4.14. The van der Waals surface area contributed by atoms with Gasteiger partial charge in [0, 0.05) is 18.2 Å². The van der Waals surface area contributed by atoms with Crippen molar-refractivity contribution in [1.29, 1.82) is 0 Å². The van der Waals surface area contributed by atoms with E-state index in [1.165, 1.54) is 12.1 Å². The van der Waals surface area contributed by atoms with Crippen LogP contribution in [-0.4, -0.2) is 9.55 Å². The van der Waals surface area contributed by atoms with Crippen LogP contribution in [0.4, 0.5) is 17.6 Å². The molecule has 0 unspecified atom stereocenters. The zero-order valence-electron chi connectivity index (χ0n) is 9.75. The predicted octanol–water partition coefficient (Wildman–Crippen LogP) is 4.24. The van der Waals surface area contributed by atoms with Crippen molar-refractivity contribution in [3.8, 4) is 5.69 Å². The van der Waals surface area contributed by atoms with Gasteiger partial charge in [0.2, 0.25) is 0 Å². The van der Waals surface area contributed by atoms with Crippen LogP contribution in [0.3, 0.4) is 0 Å². The number of imidazole rings is 1. The van der Waals surface area contributed by atoms with Crippen LogP contribution in [0.15, 0.2) is 30.3 Å².